The minimum Gasteiger partial charge on any atom is -0.493 e. The fraction of sp³-hybridized carbons (Fsp3) is 0.533. The Hall–Kier alpha value is -1.22. The fourth-order valence-corrected chi connectivity index (χ4v) is 2.22. The topological polar surface area (TPSA) is 35.5 Å². The van der Waals surface area contributed by atoms with Crippen molar-refractivity contribution >= 4 is 17.6 Å². The summed E-state index contributed by atoms with van der Waals surface area (Å²) in [5, 5.41) is 0.555. The van der Waals surface area contributed by atoms with Gasteiger partial charge in [-0.05, 0) is 37.0 Å². The van der Waals surface area contributed by atoms with Crippen molar-refractivity contribution in [3.63, 3.8) is 0 Å². The Morgan fingerprint density at radius 1 is 1.21 bits per heavy atom. The van der Waals surface area contributed by atoms with Crippen molar-refractivity contribution in [3.8, 4) is 5.75 Å². The van der Waals surface area contributed by atoms with E-state index < -0.39 is 5.97 Å². The summed E-state index contributed by atoms with van der Waals surface area (Å²) in [5.74, 6) is 0.114. The molecule has 106 valence electrons. The highest BCUT2D eigenvalue weighted by Gasteiger charge is 2.23. The Morgan fingerprint density at radius 2 is 1.84 bits per heavy atom. The lowest BCUT2D eigenvalue weighted by Gasteiger charge is -2.22. The number of rotatable bonds is 4. The zero-order valence-corrected chi connectivity index (χ0v) is 12.9. The monoisotopic (exact) mass is 284 g/mol. The largest absolute Gasteiger partial charge is 0.493 e. The molecular weight excluding hydrogens is 264 g/mol. The molecule has 0 saturated heterocycles. The van der Waals surface area contributed by atoms with Gasteiger partial charge in [0.25, 0.3) is 0 Å². The predicted octanol–water partition coefficient (Wildman–Crippen LogP) is 4.21. The third-order valence-electron chi connectivity index (χ3n) is 2.67. The molecule has 1 aromatic rings. The van der Waals surface area contributed by atoms with E-state index in [4.69, 9.17) is 21.1 Å². The molecule has 1 aromatic carbocycles. The van der Waals surface area contributed by atoms with E-state index in [1.54, 1.807) is 13.0 Å². The fourth-order valence-electron chi connectivity index (χ4n) is 1.77. The van der Waals surface area contributed by atoms with Gasteiger partial charge >= 0.3 is 5.97 Å². The zero-order valence-electron chi connectivity index (χ0n) is 12.2. The minimum absolute atomic E-state index is 0.115. The third-order valence-corrected chi connectivity index (χ3v) is 2.99. The van der Waals surface area contributed by atoms with E-state index >= 15 is 0 Å². The van der Waals surface area contributed by atoms with E-state index in [0.29, 0.717) is 29.5 Å². The van der Waals surface area contributed by atoms with Crippen LogP contribution in [0.2, 0.25) is 5.02 Å². The van der Waals surface area contributed by atoms with Gasteiger partial charge in [-0.25, -0.2) is 4.79 Å². The summed E-state index contributed by atoms with van der Waals surface area (Å²) >= 11 is 6.27. The van der Waals surface area contributed by atoms with Crippen LogP contribution in [0.15, 0.2) is 12.1 Å². The number of hydrogen-bond donors (Lipinski definition) is 0. The second-order valence-corrected chi connectivity index (χ2v) is 5.64. The van der Waals surface area contributed by atoms with Gasteiger partial charge in [0.1, 0.15) is 11.3 Å². The lowest BCUT2D eigenvalue weighted by Crippen LogP contribution is -2.15. The van der Waals surface area contributed by atoms with Crippen LogP contribution in [0.1, 0.15) is 50.5 Å². The van der Waals surface area contributed by atoms with Crippen LogP contribution >= 0.6 is 11.6 Å². The molecule has 0 fully saturated rings. The average Bonchev–Trinajstić information content (AvgIpc) is 2.30. The number of ether oxygens (including phenoxy) is 2. The van der Waals surface area contributed by atoms with Crippen molar-refractivity contribution < 1.29 is 14.3 Å². The van der Waals surface area contributed by atoms with Crippen LogP contribution in [0, 0.1) is 0 Å². The SMILES string of the molecule is CCOC(=O)c1cc(Cl)c(C(C)(C)C)cc1OCC. The van der Waals surface area contributed by atoms with Gasteiger partial charge in [0.15, 0.2) is 0 Å². The molecule has 4 heteroatoms. The molecule has 0 heterocycles. The first-order valence-electron chi connectivity index (χ1n) is 6.45. The summed E-state index contributed by atoms with van der Waals surface area (Å²) in [6.07, 6.45) is 0. The van der Waals surface area contributed by atoms with Crippen LogP contribution in [0.25, 0.3) is 0 Å². The average molecular weight is 285 g/mol. The van der Waals surface area contributed by atoms with Crippen LogP contribution in [-0.2, 0) is 10.2 Å². The highest BCUT2D eigenvalue weighted by molar-refractivity contribution is 6.32. The first kappa shape index (κ1) is 15.8. The van der Waals surface area contributed by atoms with Crippen LogP contribution in [-0.4, -0.2) is 19.2 Å². The maximum absolute atomic E-state index is 11.9. The third kappa shape index (κ3) is 3.87. The Balaban J connectivity index is 3.33. The molecule has 0 radical (unpaired) electrons. The molecule has 0 aliphatic heterocycles. The molecular formula is C15H21ClO3. The highest BCUT2D eigenvalue weighted by atomic mass is 35.5. The predicted molar refractivity (Wildman–Crippen MR) is 77.3 cm³/mol. The van der Waals surface area contributed by atoms with Crippen molar-refractivity contribution in [1.29, 1.82) is 0 Å². The van der Waals surface area contributed by atoms with Gasteiger partial charge in [0, 0.05) is 5.02 Å². The van der Waals surface area contributed by atoms with Crippen molar-refractivity contribution in [3.05, 3.63) is 28.3 Å². The van der Waals surface area contributed by atoms with Crippen molar-refractivity contribution in [2.75, 3.05) is 13.2 Å². The Kier molecular flexibility index (Phi) is 5.24. The highest BCUT2D eigenvalue weighted by Crippen LogP contribution is 2.35. The number of benzene rings is 1. The molecule has 0 unspecified atom stereocenters. The van der Waals surface area contributed by atoms with Crippen LogP contribution < -0.4 is 4.74 Å². The molecule has 0 aliphatic rings. The van der Waals surface area contributed by atoms with E-state index in [1.165, 1.54) is 0 Å². The Bertz CT molecular complexity index is 461. The molecule has 0 amide bonds. The van der Waals surface area contributed by atoms with Gasteiger partial charge < -0.3 is 9.47 Å². The number of carbonyl (C=O) groups excluding carboxylic acids is 1. The maximum Gasteiger partial charge on any atom is 0.341 e. The molecule has 0 aliphatic carbocycles. The molecule has 3 nitrogen and oxygen atoms in total. The van der Waals surface area contributed by atoms with Crippen LogP contribution in [0.3, 0.4) is 0 Å². The van der Waals surface area contributed by atoms with Gasteiger partial charge in [0.2, 0.25) is 0 Å². The molecule has 0 N–H and O–H groups in total. The number of esters is 1. The summed E-state index contributed by atoms with van der Waals surface area (Å²) < 4.78 is 10.6. The molecule has 0 aromatic heterocycles. The van der Waals surface area contributed by atoms with Crippen LogP contribution in [0.5, 0.6) is 5.75 Å². The molecule has 1 rings (SSSR count). The van der Waals surface area contributed by atoms with Crippen molar-refractivity contribution in [1.82, 2.24) is 0 Å². The lowest BCUT2D eigenvalue weighted by molar-refractivity contribution is 0.0522. The molecule has 0 saturated carbocycles. The van der Waals surface area contributed by atoms with E-state index in [-0.39, 0.29) is 5.41 Å². The summed E-state index contributed by atoms with van der Waals surface area (Å²) in [5.41, 5.74) is 1.21. The smallest absolute Gasteiger partial charge is 0.341 e. The van der Waals surface area contributed by atoms with Crippen molar-refractivity contribution in [2.24, 2.45) is 0 Å². The summed E-state index contributed by atoms with van der Waals surface area (Å²) in [6.45, 7) is 10.6. The molecule has 19 heavy (non-hydrogen) atoms. The number of hydrogen-bond acceptors (Lipinski definition) is 3. The van der Waals surface area contributed by atoms with Gasteiger partial charge in [0.05, 0.1) is 13.2 Å². The number of halogens is 1. The Morgan fingerprint density at radius 3 is 2.32 bits per heavy atom. The van der Waals surface area contributed by atoms with E-state index in [1.807, 2.05) is 13.0 Å². The van der Waals surface area contributed by atoms with E-state index in [2.05, 4.69) is 20.8 Å². The van der Waals surface area contributed by atoms with Gasteiger partial charge in [-0.3, -0.25) is 0 Å². The first-order valence-corrected chi connectivity index (χ1v) is 6.83. The molecule has 0 atom stereocenters. The number of carbonyl (C=O) groups is 1. The Labute approximate surface area is 119 Å². The zero-order chi connectivity index (χ0) is 14.6. The van der Waals surface area contributed by atoms with Crippen LogP contribution in [0.4, 0.5) is 0 Å². The minimum atomic E-state index is -0.409. The molecule has 0 bridgehead atoms. The maximum atomic E-state index is 11.9. The summed E-state index contributed by atoms with van der Waals surface area (Å²) in [4.78, 5) is 11.9. The van der Waals surface area contributed by atoms with Gasteiger partial charge in [-0.2, -0.15) is 0 Å². The lowest BCUT2D eigenvalue weighted by atomic mass is 9.86. The van der Waals surface area contributed by atoms with Crippen molar-refractivity contribution in [2.45, 2.75) is 40.0 Å². The first-order chi connectivity index (χ1) is 8.81. The molecule has 0 spiro atoms. The summed E-state index contributed by atoms with van der Waals surface area (Å²) in [7, 11) is 0. The standard InChI is InChI=1S/C15H21ClO3/c1-6-18-13-9-11(15(3,4)5)12(16)8-10(13)14(17)19-7-2/h8-9H,6-7H2,1-5H3. The second kappa shape index (κ2) is 6.29. The second-order valence-electron chi connectivity index (χ2n) is 5.23. The van der Waals surface area contributed by atoms with E-state index in [9.17, 15) is 4.79 Å². The summed E-state index contributed by atoms with van der Waals surface area (Å²) in [6, 6.07) is 3.46. The van der Waals surface area contributed by atoms with E-state index in [0.717, 1.165) is 5.56 Å². The normalized spacial score (nSPS) is 11.3. The van der Waals surface area contributed by atoms with Gasteiger partial charge in [-0.1, -0.05) is 32.4 Å². The quantitative estimate of drug-likeness (QED) is 0.777. The van der Waals surface area contributed by atoms with Gasteiger partial charge in [-0.15, -0.1) is 0 Å².